The van der Waals surface area contributed by atoms with E-state index in [1.165, 1.54) is 7.11 Å². The second kappa shape index (κ2) is 7.13. The number of benzene rings is 1. The van der Waals surface area contributed by atoms with Gasteiger partial charge in [-0.15, -0.1) is 0 Å². The third-order valence-corrected chi connectivity index (χ3v) is 5.09. The lowest BCUT2D eigenvalue weighted by Gasteiger charge is -2.37. The highest BCUT2D eigenvalue weighted by Gasteiger charge is 2.43. The lowest BCUT2D eigenvalue weighted by atomic mass is 9.77. The van der Waals surface area contributed by atoms with Crippen LogP contribution in [0.1, 0.15) is 43.0 Å². The van der Waals surface area contributed by atoms with Gasteiger partial charge in [-0.25, -0.2) is 4.79 Å². The van der Waals surface area contributed by atoms with Gasteiger partial charge < -0.3 is 14.6 Å². The Balaban J connectivity index is 1.76. The zero-order chi connectivity index (χ0) is 17.9. The average Bonchev–Trinajstić information content (AvgIpc) is 3.18. The van der Waals surface area contributed by atoms with Gasteiger partial charge in [0.1, 0.15) is 5.54 Å². The number of hydrogen-bond acceptors (Lipinski definition) is 3. The maximum atomic E-state index is 12.7. The van der Waals surface area contributed by atoms with Gasteiger partial charge in [-0.3, -0.25) is 4.79 Å². The number of hydrogen-bond donors (Lipinski definition) is 1. The van der Waals surface area contributed by atoms with Gasteiger partial charge in [0.05, 0.1) is 7.11 Å². The van der Waals surface area contributed by atoms with Crippen LogP contribution in [0.4, 0.5) is 0 Å². The Kier molecular flexibility index (Phi) is 4.93. The molecule has 1 amide bonds. The average molecular weight is 340 g/mol. The Morgan fingerprint density at radius 2 is 1.72 bits per heavy atom. The van der Waals surface area contributed by atoms with Crippen LogP contribution < -0.4 is 5.32 Å². The molecule has 0 radical (unpaired) electrons. The molecule has 0 unspecified atom stereocenters. The van der Waals surface area contributed by atoms with E-state index in [9.17, 15) is 9.59 Å². The van der Waals surface area contributed by atoms with E-state index in [1.807, 2.05) is 41.2 Å². The Labute approximate surface area is 148 Å². The van der Waals surface area contributed by atoms with Crippen LogP contribution in [0, 0.1) is 5.92 Å². The molecule has 5 heteroatoms. The van der Waals surface area contributed by atoms with Gasteiger partial charge in [0.15, 0.2) is 0 Å². The maximum Gasteiger partial charge on any atom is 0.331 e. The van der Waals surface area contributed by atoms with Crippen LogP contribution in [-0.4, -0.2) is 29.1 Å². The zero-order valence-electron chi connectivity index (χ0n) is 14.7. The van der Waals surface area contributed by atoms with Crippen LogP contribution in [0.3, 0.4) is 0 Å². The van der Waals surface area contributed by atoms with Crippen molar-refractivity contribution in [1.29, 1.82) is 0 Å². The van der Waals surface area contributed by atoms with Crippen LogP contribution in [0.15, 0.2) is 48.8 Å². The van der Waals surface area contributed by atoms with Gasteiger partial charge in [0.25, 0.3) is 5.91 Å². The van der Waals surface area contributed by atoms with Crippen molar-refractivity contribution in [2.45, 2.75) is 38.1 Å². The summed E-state index contributed by atoms with van der Waals surface area (Å²) in [5.41, 5.74) is 0.616. The number of amides is 1. The minimum atomic E-state index is -0.905. The highest BCUT2D eigenvalue weighted by atomic mass is 16.5. The van der Waals surface area contributed by atoms with Gasteiger partial charge in [-0.1, -0.05) is 6.92 Å². The van der Waals surface area contributed by atoms with E-state index in [0.29, 0.717) is 24.3 Å². The highest BCUT2D eigenvalue weighted by Crippen LogP contribution is 2.33. The predicted octanol–water partition coefficient (Wildman–Crippen LogP) is 3.33. The van der Waals surface area contributed by atoms with Gasteiger partial charge in [0.2, 0.25) is 0 Å². The van der Waals surface area contributed by atoms with Gasteiger partial charge in [-0.2, -0.15) is 0 Å². The molecular weight excluding hydrogens is 316 g/mol. The third kappa shape index (κ3) is 3.60. The number of nitrogens with one attached hydrogen (secondary N) is 1. The topological polar surface area (TPSA) is 60.3 Å². The van der Waals surface area contributed by atoms with Crippen LogP contribution in [-0.2, 0) is 9.53 Å². The van der Waals surface area contributed by atoms with Crippen molar-refractivity contribution in [3.8, 4) is 5.69 Å². The lowest BCUT2D eigenvalue weighted by Crippen LogP contribution is -2.56. The fourth-order valence-corrected chi connectivity index (χ4v) is 3.41. The van der Waals surface area contributed by atoms with Gasteiger partial charge in [-0.05, 0) is 68.0 Å². The van der Waals surface area contributed by atoms with E-state index in [4.69, 9.17) is 4.74 Å². The molecule has 1 aliphatic carbocycles. The number of nitrogens with zero attached hydrogens (tertiary/aromatic N) is 1. The molecule has 132 valence electrons. The van der Waals surface area contributed by atoms with Crippen molar-refractivity contribution in [2.75, 3.05) is 7.11 Å². The van der Waals surface area contributed by atoms with E-state index < -0.39 is 5.54 Å². The maximum absolute atomic E-state index is 12.7. The second-order valence-electron chi connectivity index (χ2n) is 6.85. The Morgan fingerprint density at radius 3 is 2.28 bits per heavy atom. The lowest BCUT2D eigenvalue weighted by molar-refractivity contribution is -0.150. The number of carbonyl (C=O) groups excluding carboxylic acids is 2. The van der Waals surface area contributed by atoms with Crippen molar-refractivity contribution < 1.29 is 14.3 Å². The van der Waals surface area contributed by atoms with Crippen LogP contribution in [0.25, 0.3) is 5.69 Å². The molecule has 0 spiro atoms. The number of aromatic nitrogens is 1. The Morgan fingerprint density at radius 1 is 1.12 bits per heavy atom. The highest BCUT2D eigenvalue weighted by molar-refractivity contribution is 5.98. The van der Waals surface area contributed by atoms with Crippen molar-refractivity contribution >= 4 is 11.9 Å². The van der Waals surface area contributed by atoms with E-state index in [1.54, 1.807) is 12.1 Å². The van der Waals surface area contributed by atoms with Gasteiger partial charge in [0, 0.05) is 23.6 Å². The quantitative estimate of drug-likeness (QED) is 0.869. The standard InChI is InChI=1S/C20H24N2O3/c1-15-9-11-20(12-10-15,19(24)25-2)21-18(23)16-5-7-17(8-6-16)22-13-3-4-14-22/h3-8,13-15H,9-12H2,1-2H3,(H,21,23). The molecule has 3 rings (SSSR count). The first-order valence-corrected chi connectivity index (χ1v) is 8.68. The van der Waals surface area contributed by atoms with E-state index in [2.05, 4.69) is 12.2 Å². The zero-order valence-corrected chi connectivity index (χ0v) is 14.7. The van der Waals surface area contributed by atoms with Crippen molar-refractivity contribution in [3.63, 3.8) is 0 Å². The number of methoxy groups -OCH3 is 1. The summed E-state index contributed by atoms with van der Waals surface area (Å²) in [6, 6.07) is 11.2. The predicted molar refractivity (Wildman–Crippen MR) is 95.6 cm³/mol. The molecule has 1 saturated carbocycles. The fraction of sp³-hybridized carbons (Fsp3) is 0.400. The summed E-state index contributed by atoms with van der Waals surface area (Å²) in [4.78, 5) is 25.0. The third-order valence-electron chi connectivity index (χ3n) is 5.09. The molecule has 1 aromatic heterocycles. The minimum Gasteiger partial charge on any atom is -0.467 e. The molecule has 5 nitrogen and oxygen atoms in total. The first-order valence-electron chi connectivity index (χ1n) is 8.68. The Bertz CT molecular complexity index is 727. The summed E-state index contributed by atoms with van der Waals surface area (Å²) in [6.45, 7) is 2.17. The van der Waals surface area contributed by atoms with Crippen molar-refractivity contribution in [1.82, 2.24) is 9.88 Å². The van der Waals surface area contributed by atoms with E-state index >= 15 is 0 Å². The normalized spacial score (nSPS) is 23.0. The van der Waals surface area contributed by atoms with Crippen LogP contribution in [0.2, 0.25) is 0 Å². The van der Waals surface area contributed by atoms with E-state index in [0.717, 1.165) is 18.5 Å². The van der Waals surface area contributed by atoms with Gasteiger partial charge >= 0.3 is 5.97 Å². The summed E-state index contributed by atoms with van der Waals surface area (Å²) < 4.78 is 6.95. The Hall–Kier alpha value is -2.56. The molecule has 0 atom stereocenters. The fourth-order valence-electron chi connectivity index (χ4n) is 3.41. The largest absolute Gasteiger partial charge is 0.467 e. The smallest absolute Gasteiger partial charge is 0.331 e. The molecule has 1 aliphatic rings. The molecule has 1 fully saturated rings. The summed E-state index contributed by atoms with van der Waals surface area (Å²) in [6.07, 6.45) is 6.95. The van der Waals surface area contributed by atoms with E-state index in [-0.39, 0.29) is 11.9 Å². The summed E-state index contributed by atoms with van der Waals surface area (Å²) in [5, 5.41) is 2.95. The summed E-state index contributed by atoms with van der Waals surface area (Å²) >= 11 is 0. The summed E-state index contributed by atoms with van der Waals surface area (Å²) in [5.74, 6) is -0.0220. The minimum absolute atomic E-state index is 0.237. The molecule has 1 N–H and O–H groups in total. The molecular formula is C20H24N2O3. The number of esters is 1. The molecule has 2 aromatic rings. The van der Waals surface area contributed by atoms with Crippen LogP contribution >= 0.6 is 0 Å². The number of carbonyl (C=O) groups is 2. The molecule has 0 saturated heterocycles. The molecule has 0 bridgehead atoms. The first-order chi connectivity index (χ1) is 12.0. The monoisotopic (exact) mass is 340 g/mol. The molecule has 1 aromatic carbocycles. The SMILES string of the molecule is COC(=O)C1(NC(=O)c2ccc(-n3cccc3)cc2)CCC(C)CC1. The number of rotatable bonds is 4. The molecule has 25 heavy (non-hydrogen) atoms. The summed E-state index contributed by atoms with van der Waals surface area (Å²) in [7, 11) is 1.38. The molecule has 0 aliphatic heterocycles. The van der Waals surface area contributed by atoms with Crippen LogP contribution in [0.5, 0.6) is 0 Å². The second-order valence-corrected chi connectivity index (χ2v) is 6.85. The first kappa shape index (κ1) is 17.3. The van der Waals surface area contributed by atoms with Crippen molar-refractivity contribution in [2.24, 2.45) is 5.92 Å². The number of ether oxygens (including phenoxy) is 1. The van der Waals surface area contributed by atoms with Crippen molar-refractivity contribution in [3.05, 3.63) is 54.4 Å². The molecule has 1 heterocycles.